The van der Waals surface area contributed by atoms with Crippen molar-refractivity contribution in [2.75, 3.05) is 19.8 Å². The number of nitro groups is 1. The van der Waals surface area contributed by atoms with Gasteiger partial charge in [0, 0.05) is 18.7 Å². The lowest BCUT2D eigenvalue weighted by molar-refractivity contribution is -0.384. The van der Waals surface area contributed by atoms with E-state index in [-0.39, 0.29) is 48.2 Å². The van der Waals surface area contributed by atoms with Gasteiger partial charge in [-0.1, -0.05) is 0 Å². The van der Waals surface area contributed by atoms with Crippen LogP contribution >= 0.6 is 0 Å². The maximum Gasteiger partial charge on any atom is 0.411 e. The van der Waals surface area contributed by atoms with Gasteiger partial charge in [0.25, 0.3) is 5.69 Å². The second-order valence-corrected chi connectivity index (χ2v) is 10.4. The molecule has 0 spiro atoms. The molecule has 0 unspecified atom stereocenters. The average molecular weight is 521 g/mol. The number of piperidine rings is 1. The van der Waals surface area contributed by atoms with Gasteiger partial charge in [0.2, 0.25) is 0 Å². The summed E-state index contributed by atoms with van der Waals surface area (Å²) in [4.78, 5) is 50.3. The Kier molecular flexibility index (Phi) is 8.98. The predicted molar refractivity (Wildman–Crippen MR) is 132 cm³/mol. The van der Waals surface area contributed by atoms with E-state index in [1.54, 1.807) is 34.6 Å². The number of amides is 1. The molecular weight excluding hydrogens is 484 g/mol. The first-order chi connectivity index (χ1) is 17.4. The van der Waals surface area contributed by atoms with E-state index in [0.29, 0.717) is 25.8 Å². The van der Waals surface area contributed by atoms with Crippen LogP contribution in [0.25, 0.3) is 0 Å². The Labute approximate surface area is 216 Å². The molecule has 4 atom stereocenters. The van der Waals surface area contributed by atoms with E-state index in [1.807, 2.05) is 0 Å². The van der Waals surface area contributed by atoms with Gasteiger partial charge in [0.1, 0.15) is 23.0 Å². The highest BCUT2D eigenvalue weighted by Gasteiger charge is 2.46. The molecule has 0 radical (unpaired) electrons. The number of fused-ring (bicyclic) bond motifs is 1. The molecule has 2 aliphatic rings. The van der Waals surface area contributed by atoms with Crippen LogP contribution in [0.5, 0.6) is 5.75 Å². The first-order valence-corrected chi connectivity index (χ1v) is 12.7. The van der Waals surface area contributed by atoms with E-state index >= 15 is 0 Å². The fourth-order valence-corrected chi connectivity index (χ4v) is 4.98. The molecule has 2 fully saturated rings. The van der Waals surface area contributed by atoms with Crippen LogP contribution < -0.4 is 4.74 Å². The molecule has 1 heterocycles. The molecule has 204 valence electrons. The summed E-state index contributed by atoms with van der Waals surface area (Å²) in [5.41, 5.74) is -0.923. The van der Waals surface area contributed by atoms with Gasteiger partial charge in [-0.25, -0.2) is 14.4 Å². The van der Waals surface area contributed by atoms with Crippen LogP contribution in [0.15, 0.2) is 18.2 Å². The Balaban J connectivity index is 1.77. The van der Waals surface area contributed by atoms with Gasteiger partial charge in [0.05, 0.1) is 24.2 Å². The summed E-state index contributed by atoms with van der Waals surface area (Å²) in [6.45, 7) is 9.41. The number of hydrogen-bond acceptors (Lipinski definition) is 9. The van der Waals surface area contributed by atoms with Gasteiger partial charge < -0.3 is 18.9 Å². The number of non-ortho nitro benzene ring substituents is 1. The third-order valence-electron chi connectivity index (χ3n) is 6.57. The molecule has 1 aromatic carbocycles. The maximum absolute atomic E-state index is 12.9. The van der Waals surface area contributed by atoms with E-state index in [0.717, 1.165) is 12.5 Å². The van der Waals surface area contributed by atoms with Crippen molar-refractivity contribution in [2.45, 2.75) is 78.0 Å². The number of esters is 2. The fraction of sp³-hybridized carbons (Fsp3) is 0.654. The number of ether oxygens (including phenoxy) is 4. The molecule has 1 amide bonds. The van der Waals surface area contributed by atoms with Crippen LogP contribution in [0.4, 0.5) is 10.5 Å². The van der Waals surface area contributed by atoms with E-state index < -0.39 is 34.6 Å². The van der Waals surface area contributed by atoms with Crippen molar-refractivity contribution >= 4 is 23.7 Å². The number of carbonyl (C=O) groups is 3. The van der Waals surface area contributed by atoms with E-state index in [2.05, 4.69) is 0 Å². The smallest absolute Gasteiger partial charge is 0.411 e. The zero-order valence-corrected chi connectivity index (χ0v) is 22.1. The zero-order valence-electron chi connectivity index (χ0n) is 22.1. The number of nitrogens with zero attached hydrogens (tertiary/aromatic N) is 2. The summed E-state index contributed by atoms with van der Waals surface area (Å²) in [6.07, 6.45) is 1.60. The lowest BCUT2D eigenvalue weighted by Gasteiger charge is -2.46. The summed E-state index contributed by atoms with van der Waals surface area (Å²) in [7, 11) is 0. The highest BCUT2D eigenvalue weighted by molar-refractivity contribution is 5.93. The van der Waals surface area contributed by atoms with Crippen LogP contribution in [0.3, 0.4) is 0 Å². The van der Waals surface area contributed by atoms with E-state index in [9.17, 15) is 24.5 Å². The molecule has 37 heavy (non-hydrogen) atoms. The summed E-state index contributed by atoms with van der Waals surface area (Å²) in [5, 5.41) is 11.2. The fourth-order valence-electron chi connectivity index (χ4n) is 4.98. The number of nitro benzene ring substituents is 1. The molecule has 3 rings (SSSR count). The van der Waals surface area contributed by atoms with Crippen molar-refractivity contribution in [3.63, 3.8) is 0 Å². The minimum atomic E-state index is -0.760. The molecule has 11 nitrogen and oxygen atoms in total. The monoisotopic (exact) mass is 520 g/mol. The lowest BCUT2D eigenvalue weighted by Crippen LogP contribution is -2.56. The van der Waals surface area contributed by atoms with E-state index in [1.165, 1.54) is 17.0 Å². The first-order valence-electron chi connectivity index (χ1n) is 12.7. The summed E-state index contributed by atoms with van der Waals surface area (Å²) >= 11 is 0. The highest BCUT2D eigenvalue weighted by atomic mass is 16.6. The number of hydrogen-bond donors (Lipinski definition) is 0. The van der Waals surface area contributed by atoms with Gasteiger partial charge in [0.15, 0.2) is 0 Å². The summed E-state index contributed by atoms with van der Waals surface area (Å²) < 4.78 is 22.1. The summed E-state index contributed by atoms with van der Waals surface area (Å²) in [6, 6.07) is 3.11. The zero-order chi connectivity index (χ0) is 27.3. The second-order valence-electron chi connectivity index (χ2n) is 10.4. The van der Waals surface area contributed by atoms with Crippen LogP contribution in [0.1, 0.15) is 70.7 Å². The van der Waals surface area contributed by atoms with Crippen molar-refractivity contribution in [3.05, 3.63) is 33.9 Å². The van der Waals surface area contributed by atoms with Crippen LogP contribution in [0.2, 0.25) is 0 Å². The normalized spacial score (nSPS) is 23.4. The van der Waals surface area contributed by atoms with Crippen LogP contribution in [0, 0.1) is 22.0 Å². The van der Waals surface area contributed by atoms with Gasteiger partial charge in [-0.2, -0.15) is 0 Å². The Morgan fingerprint density at radius 1 is 1.05 bits per heavy atom. The standard InChI is InChI=1S/C26H36N2O9/c1-6-34-23(29)20-14-18(28(32)33)9-11-22(20)36-19-10-8-16-15-27(25(31)37-26(3,4)5)21(13-17(16)12-19)24(30)35-7-2/h9,11,14,16-17,19,21H,6-8,10,12-13,15H2,1-5H3/t16-,17+,19-,21-/m0/s1. The molecule has 1 aliphatic heterocycles. The van der Waals surface area contributed by atoms with E-state index in [4.69, 9.17) is 18.9 Å². The maximum atomic E-state index is 12.9. The molecule has 1 saturated heterocycles. The Bertz CT molecular complexity index is 1020. The average Bonchev–Trinajstić information content (AvgIpc) is 2.82. The highest BCUT2D eigenvalue weighted by Crippen LogP contribution is 2.41. The molecule has 1 aliphatic carbocycles. The van der Waals surface area contributed by atoms with Gasteiger partial charge >= 0.3 is 18.0 Å². The molecule has 0 N–H and O–H groups in total. The van der Waals surface area contributed by atoms with Crippen molar-refractivity contribution in [1.29, 1.82) is 0 Å². The van der Waals surface area contributed by atoms with Crippen LogP contribution in [-0.2, 0) is 19.0 Å². The molecule has 11 heteroatoms. The predicted octanol–water partition coefficient (Wildman–Crippen LogP) is 4.51. The topological polar surface area (TPSA) is 135 Å². The molecule has 1 saturated carbocycles. The van der Waals surface area contributed by atoms with Gasteiger partial charge in [-0.15, -0.1) is 0 Å². The van der Waals surface area contributed by atoms with Crippen LogP contribution in [-0.4, -0.2) is 65.4 Å². The van der Waals surface area contributed by atoms with Gasteiger partial charge in [-0.05, 0) is 78.2 Å². The first kappa shape index (κ1) is 28.2. The quantitative estimate of drug-likeness (QED) is 0.220. The second kappa shape index (κ2) is 11.8. The van der Waals surface area contributed by atoms with Crippen molar-refractivity contribution < 1.29 is 38.3 Å². The Morgan fingerprint density at radius 3 is 2.38 bits per heavy atom. The molecule has 0 aromatic heterocycles. The lowest BCUT2D eigenvalue weighted by atomic mass is 9.72. The van der Waals surface area contributed by atoms with Crippen molar-refractivity contribution in [2.24, 2.45) is 11.8 Å². The minimum Gasteiger partial charge on any atom is -0.490 e. The number of likely N-dealkylation sites (tertiary alicyclic amines) is 1. The number of rotatable bonds is 7. The largest absolute Gasteiger partial charge is 0.490 e. The number of carbonyl (C=O) groups excluding carboxylic acids is 3. The third-order valence-corrected chi connectivity index (χ3v) is 6.57. The Morgan fingerprint density at radius 2 is 1.76 bits per heavy atom. The molecule has 1 aromatic rings. The molecule has 0 bridgehead atoms. The Hall–Kier alpha value is -3.37. The van der Waals surface area contributed by atoms with Crippen molar-refractivity contribution in [3.8, 4) is 5.75 Å². The number of benzene rings is 1. The van der Waals surface area contributed by atoms with Crippen molar-refractivity contribution in [1.82, 2.24) is 4.90 Å². The summed E-state index contributed by atoms with van der Waals surface area (Å²) in [5.74, 6) is -0.700. The molecular formula is C26H36N2O9. The SMILES string of the molecule is CCOC(=O)c1cc([N+](=O)[O-])ccc1O[C@H]1CC[C@H]2CN(C(=O)OC(C)(C)C)[C@H](C(=O)OCC)C[C@H]2C1. The van der Waals surface area contributed by atoms with Gasteiger partial charge in [-0.3, -0.25) is 15.0 Å². The minimum absolute atomic E-state index is 0.00215. The third kappa shape index (κ3) is 7.11.